The molecule has 1 nitrogen and oxygen atoms in total. The second-order valence-electron chi connectivity index (χ2n) is 6.30. The summed E-state index contributed by atoms with van der Waals surface area (Å²) in [4.78, 5) is 0.993. The van der Waals surface area contributed by atoms with Crippen molar-refractivity contribution in [2.45, 2.75) is 48.0 Å². The molecule has 0 aliphatic heterocycles. The van der Waals surface area contributed by atoms with Gasteiger partial charge in [0, 0.05) is 13.0 Å². The highest BCUT2D eigenvalue weighted by Crippen LogP contribution is 2.36. The van der Waals surface area contributed by atoms with Gasteiger partial charge in [0.2, 0.25) is 0 Å². The first-order chi connectivity index (χ1) is 6.08. The Labute approximate surface area is 94.7 Å². The number of thiocarbonyl (C=S) groups is 1. The van der Waals surface area contributed by atoms with Gasteiger partial charge < -0.3 is 5.32 Å². The SMILES string of the molecule is CNC(=S)C(CC(C)(C)C)C(C)(C)C. The minimum Gasteiger partial charge on any atom is -0.382 e. The van der Waals surface area contributed by atoms with Crippen molar-refractivity contribution in [1.29, 1.82) is 0 Å². The van der Waals surface area contributed by atoms with Gasteiger partial charge in [0.05, 0.1) is 4.99 Å². The standard InChI is InChI=1S/C12H25NS/c1-11(2,3)8-9(10(14)13-7)12(4,5)6/h9H,8H2,1-7H3,(H,13,14). The number of hydrogen-bond acceptors (Lipinski definition) is 1. The van der Waals surface area contributed by atoms with Gasteiger partial charge in [-0.1, -0.05) is 53.8 Å². The van der Waals surface area contributed by atoms with Gasteiger partial charge in [-0.2, -0.15) is 0 Å². The maximum Gasteiger partial charge on any atom is 0.0787 e. The average Bonchev–Trinajstić information content (AvgIpc) is 1.95. The molecule has 84 valence electrons. The van der Waals surface area contributed by atoms with E-state index >= 15 is 0 Å². The molecule has 0 rings (SSSR count). The molecule has 0 amide bonds. The lowest BCUT2D eigenvalue weighted by atomic mass is 9.72. The summed E-state index contributed by atoms with van der Waals surface area (Å²) in [6.45, 7) is 13.6. The molecule has 0 saturated heterocycles. The van der Waals surface area contributed by atoms with E-state index < -0.39 is 0 Å². The van der Waals surface area contributed by atoms with Crippen LogP contribution in [0.25, 0.3) is 0 Å². The lowest BCUT2D eigenvalue weighted by Gasteiger charge is -2.35. The molecule has 14 heavy (non-hydrogen) atoms. The number of rotatable bonds is 2. The maximum atomic E-state index is 5.38. The van der Waals surface area contributed by atoms with E-state index in [0.29, 0.717) is 11.3 Å². The van der Waals surface area contributed by atoms with Crippen molar-refractivity contribution < 1.29 is 0 Å². The van der Waals surface area contributed by atoms with Crippen LogP contribution in [0.3, 0.4) is 0 Å². The largest absolute Gasteiger partial charge is 0.382 e. The molecule has 0 aliphatic carbocycles. The Morgan fingerprint density at radius 3 is 1.79 bits per heavy atom. The highest BCUT2D eigenvalue weighted by atomic mass is 32.1. The molecule has 0 aromatic heterocycles. The van der Waals surface area contributed by atoms with E-state index in [1.165, 1.54) is 0 Å². The molecular formula is C12H25NS. The molecule has 1 N–H and O–H groups in total. The summed E-state index contributed by atoms with van der Waals surface area (Å²) >= 11 is 5.38. The minimum absolute atomic E-state index is 0.243. The predicted octanol–water partition coefficient (Wildman–Crippen LogP) is 3.63. The molecule has 0 fully saturated rings. The molecule has 1 unspecified atom stereocenters. The van der Waals surface area contributed by atoms with Gasteiger partial charge in [-0.15, -0.1) is 0 Å². The fourth-order valence-corrected chi connectivity index (χ4v) is 2.02. The van der Waals surface area contributed by atoms with Crippen molar-refractivity contribution in [3.8, 4) is 0 Å². The molecule has 0 radical (unpaired) electrons. The van der Waals surface area contributed by atoms with E-state index in [-0.39, 0.29) is 5.41 Å². The van der Waals surface area contributed by atoms with E-state index in [9.17, 15) is 0 Å². The maximum absolute atomic E-state index is 5.38. The third kappa shape index (κ3) is 4.94. The van der Waals surface area contributed by atoms with E-state index in [1.807, 2.05) is 7.05 Å². The second-order valence-corrected chi connectivity index (χ2v) is 6.74. The molecule has 0 saturated carbocycles. The smallest absolute Gasteiger partial charge is 0.0787 e. The first kappa shape index (κ1) is 13.9. The van der Waals surface area contributed by atoms with Gasteiger partial charge in [0.1, 0.15) is 0 Å². The van der Waals surface area contributed by atoms with E-state index in [1.54, 1.807) is 0 Å². The Kier molecular flexibility index (Phi) is 4.57. The summed E-state index contributed by atoms with van der Waals surface area (Å²) < 4.78 is 0. The Hall–Kier alpha value is -0.110. The summed E-state index contributed by atoms with van der Waals surface area (Å²) in [6.07, 6.45) is 1.14. The third-order valence-electron chi connectivity index (χ3n) is 2.42. The van der Waals surface area contributed by atoms with Crippen LogP contribution in [0.4, 0.5) is 0 Å². The van der Waals surface area contributed by atoms with Crippen molar-refractivity contribution in [3.63, 3.8) is 0 Å². The zero-order chi connectivity index (χ0) is 11.6. The topological polar surface area (TPSA) is 12.0 Å². The summed E-state index contributed by atoms with van der Waals surface area (Å²) in [7, 11) is 1.92. The number of hydrogen-bond donors (Lipinski definition) is 1. The highest BCUT2D eigenvalue weighted by molar-refractivity contribution is 7.80. The Morgan fingerprint density at radius 2 is 1.57 bits per heavy atom. The average molecular weight is 215 g/mol. The second kappa shape index (κ2) is 4.61. The van der Waals surface area contributed by atoms with Crippen molar-refractivity contribution in [1.82, 2.24) is 5.32 Å². The zero-order valence-electron chi connectivity index (χ0n) is 10.7. The molecule has 2 heteroatoms. The molecule has 0 spiro atoms. The van der Waals surface area contributed by atoms with Gasteiger partial charge in [-0.25, -0.2) is 0 Å². The first-order valence-corrected chi connectivity index (χ1v) is 5.70. The Balaban J connectivity index is 4.67. The summed E-state index contributed by atoms with van der Waals surface area (Å²) in [5.74, 6) is 0.461. The molecule has 0 aliphatic rings. The van der Waals surface area contributed by atoms with Crippen LogP contribution >= 0.6 is 12.2 Å². The van der Waals surface area contributed by atoms with Gasteiger partial charge in [-0.3, -0.25) is 0 Å². The van der Waals surface area contributed by atoms with Crippen LogP contribution in [-0.2, 0) is 0 Å². The zero-order valence-corrected chi connectivity index (χ0v) is 11.5. The third-order valence-corrected chi connectivity index (χ3v) is 2.91. The summed E-state index contributed by atoms with van der Waals surface area (Å²) in [6, 6.07) is 0. The fraction of sp³-hybridized carbons (Fsp3) is 0.917. The summed E-state index contributed by atoms with van der Waals surface area (Å²) in [5.41, 5.74) is 0.576. The molecule has 1 atom stereocenters. The van der Waals surface area contributed by atoms with E-state index in [4.69, 9.17) is 12.2 Å². The molecule has 0 aromatic rings. The van der Waals surface area contributed by atoms with Gasteiger partial charge >= 0.3 is 0 Å². The van der Waals surface area contributed by atoms with Crippen molar-refractivity contribution in [2.75, 3.05) is 7.05 Å². The lowest BCUT2D eigenvalue weighted by Crippen LogP contribution is -2.37. The first-order valence-electron chi connectivity index (χ1n) is 5.29. The van der Waals surface area contributed by atoms with Crippen LogP contribution in [-0.4, -0.2) is 12.0 Å². The minimum atomic E-state index is 0.243. The van der Waals surface area contributed by atoms with Crippen LogP contribution in [0.15, 0.2) is 0 Å². The van der Waals surface area contributed by atoms with Crippen molar-refractivity contribution in [2.24, 2.45) is 16.7 Å². The van der Waals surface area contributed by atoms with Crippen LogP contribution in [0.1, 0.15) is 48.0 Å². The van der Waals surface area contributed by atoms with Crippen molar-refractivity contribution in [3.05, 3.63) is 0 Å². The van der Waals surface area contributed by atoms with Gasteiger partial charge in [0.25, 0.3) is 0 Å². The van der Waals surface area contributed by atoms with Gasteiger partial charge in [0.15, 0.2) is 0 Å². The summed E-state index contributed by atoms with van der Waals surface area (Å²) in [5, 5.41) is 3.13. The van der Waals surface area contributed by atoms with E-state index in [2.05, 4.69) is 46.9 Å². The van der Waals surface area contributed by atoms with Crippen LogP contribution < -0.4 is 5.32 Å². The highest BCUT2D eigenvalue weighted by Gasteiger charge is 2.31. The predicted molar refractivity (Wildman–Crippen MR) is 68.7 cm³/mol. The normalized spacial score (nSPS) is 15.1. The van der Waals surface area contributed by atoms with Crippen LogP contribution in [0.5, 0.6) is 0 Å². The van der Waals surface area contributed by atoms with Crippen LogP contribution in [0.2, 0.25) is 0 Å². The Morgan fingerprint density at radius 1 is 1.14 bits per heavy atom. The molecular weight excluding hydrogens is 190 g/mol. The van der Waals surface area contributed by atoms with E-state index in [0.717, 1.165) is 11.4 Å². The Bertz CT molecular complexity index is 195. The fourth-order valence-electron chi connectivity index (χ4n) is 1.58. The van der Waals surface area contributed by atoms with Crippen molar-refractivity contribution >= 4 is 17.2 Å². The van der Waals surface area contributed by atoms with Crippen LogP contribution in [0, 0.1) is 16.7 Å². The quantitative estimate of drug-likeness (QED) is 0.706. The monoisotopic (exact) mass is 215 g/mol. The molecule has 0 heterocycles. The lowest BCUT2D eigenvalue weighted by molar-refractivity contribution is 0.221. The van der Waals surface area contributed by atoms with Gasteiger partial charge in [-0.05, 0) is 17.3 Å². The molecule has 0 bridgehead atoms. The molecule has 0 aromatic carbocycles. The number of nitrogens with one attached hydrogen (secondary N) is 1.